The minimum absolute atomic E-state index is 0.450. The second-order valence-electron chi connectivity index (χ2n) is 5.52. The molecule has 106 valence electrons. The first-order valence-electron chi connectivity index (χ1n) is 7.38. The molecular weight excluding hydrogens is 300 g/mol. The van der Waals surface area contributed by atoms with Gasteiger partial charge in [0.25, 0.3) is 0 Å². The SMILES string of the molecule is CCN(CCC(NC)c1cccc(Br)c1)CC1CC1. The molecule has 1 fully saturated rings. The Morgan fingerprint density at radius 2 is 2.21 bits per heavy atom. The maximum absolute atomic E-state index is 3.56. The lowest BCUT2D eigenvalue weighted by Gasteiger charge is -2.24. The Morgan fingerprint density at radius 3 is 2.79 bits per heavy atom. The Hall–Kier alpha value is -0.380. The summed E-state index contributed by atoms with van der Waals surface area (Å²) in [6.45, 7) is 5.93. The zero-order chi connectivity index (χ0) is 13.7. The van der Waals surface area contributed by atoms with Crippen LogP contribution in [0.2, 0.25) is 0 Å². The molecule has 0 radical (unpaired) electrons. The molecule has 2 nitrogen and oxygen atoms in total. The summed E-state index contributed by atoms with van der Waals surface area (Å²) in [5.41, 5.74) is 1.37. The predicted molar refractivity (Wildman–Crippen MR) is 85.4 cm³/mol. The Bertz CT molecular complexity index is 390. The van der Waals surface area contributed by atoms with Crippen LogP contribution in [0.25, 0.3) is 0 Å². The summed E-state index contributed by atoms with van der Waals surface area (Å²) in [6, 6.07) is 9.08. The quantitative estimate of drug-likeness (QED) is 0.781. The molecule has 3 heteroatoms. The van der Waals surface area contributed by atoms with Crippen LogP contribution in [-0.4, -0.2) is 31.6 Å². The van der Waals surface area contributed by atoms with Crippen molar-refractivity contribution in [3.8, 4) is 0 Å². The molecule has 1 aromatic carbocycles. The highest BCUT2D eigenvalue weighted by Gasteiger charge is 2.23. The first-order chi connectivity index (χ1) is 9.22. The molecule has 1 saturated carbocycles. The number of halogens is 1. The first-order valence-corrected chi connectivity index (χ1v) is 8.17. The van der Waals surface area contributed by atoms with Crippen LogP contribution in [0.3, 0.4) is 0 Å². The molecule has 1 atom stereocenters. The van der Waals surface area contributed by atoms with Crippen LogP contribution in [-0.2, 0) is 0 Å². The van der Waals surface area contributed by atoms with Gasteiger partial charge >= 0.3 is 0 Å². The van der Waals surface area contributed by atoms with E-state index in [0.717, 1.165) is 10.4 Å². The second kappa shape index (κ2) is 7.41. The van der Waals surface area contributed by atoms with Crippen LogP contribution in [0.4, 0.5) is 0 Å². The van der Waals surface area contributed by atoms with Crippen molar-refractivity contribution in [3.63, 3.8) is 0 Å². The molecule has 1 aromatic rings. The van der Waals surface area contributed by atoms with Crippen LogP contribution >= 0.6 is 15.9 Å². The van der Waals surface area contributed by atoms with Crippen molar-refractivity contribution >= 4 is 15.9 Å². The summed E-state index contributed by atoms with van der Waals surface area (Å²) < 4.78 is 1.16. The molecule has 0 amide bonds. The lowest BCUT2D eigenvalue weighted by Crippen LogP contribution is -2.30. The third kappa shape index (κ3) is 4.90. The highest BCUT2D eigenvalue weighted by molar-refractivity contribution is 9.10. The van der Waals surface area contributed by atoms with E-state index in [1.54, 1.807) is 0 Å². The van der Waals surface area contributed by atoms with Crippen molar-refractivity contribution < 1.29 is 0 Å². The van der Waals surface area contributed by atoms with Crippen LogP contribution in [0, 0.1) is 5.92 Å². The normalized spacial score (nSPS) is 16.8. The van der Waals surface area contributed by atoms with Crippen molar-refractivity contribution in [1.82, 2.24) is 10.2 Å². The van der Waals surface area contributed by atoms with E-state index >= 15 is 0 Å². The van der Waals surface area contributed by atoms with Crippen LogP contribution in [0.15, 0.2) is 28.7 Å². The standard InChI is InChI=1S/C16H25BrN2/c1-3-19(12-13-7-8-13)10-9-16(18-2)14-5-4-6-15(17)11-14/h4-6,11,13,16,18H,3,7-10,12H2,1-2H3. The third-order valence-electron chi connectivity index (χ3n) is 3.99. The molecule has 0 aromatic heterocycles. The van der Waals surface area contributed by atoms with Crippen molar-refractivity contribution in [2.24, 2.45) is 5.92 Å². The van der Waals surface area contributed by atoms with Gasteiger partial charge in [-0.15, -0.1) is 0 Å². The topological polar surface area (TPSA) is 15.3 Å². The Morgan fingerprint density at radius 1 is 1.42 bits per heavy atom. The Kier molecular flexibility index (Phi) is 5.86. The molecule has 0 aliphatic heterocycles. The minimum atomic E-state index is 0.450. The zero-order valence-electron chi connectivity index (χ0n) is 12.0. The highest BCUT2D eigenvalue weighted by Crippen LogP contribution is 2.30. The summed E-state index contributed by atoms with van der Waals surface area (Å²) >= 11 is 3.56. The second-order valence-corrected chi connectivity index (χ2v) is 6.44. The molecule has 1 N–H and O–H groups in total. The maximum Gasteiger partial charge on any atom is 0.0330 e. The molecular formula is C16H25BrN2. The fourth-order valence-corrected chi connectivity index (χ4v) is 2.97. The summed E-state index contributed by atoms with van der Waals surface area (Å²) in [5, 5.41) is 3.45. The summed E-state index contributed by atoms with van der Waals surface area (Å²) in [7, 11) is 2.06. The zero-order valence-corrected chi connectivity index (χ0v) is 13.6. The summed E-state index contributed by atoms with van der Waals surface area (Å²) in [6.07, 6.45) is 4.06. The van der Waals surface area contributed by atoms with Gasteiger partial charge in [-0.25, -0.2) is 0 Å². The van der Waals surface area contributed by atoms with Crippen molar-refractivity contribution in [3.05, 3.63) is 34.3 Å². The average Bonchev–Trinajstić information content (AvgIpc) is 3.22. The molecule has 0 heterocycles. The maximum atomic E-state index is 3.56. The molecule has 1 aliphatic rings. The minimum Gasteiger partial charge on any atom is -0.313 e. The van der Waals surface area contributed by atoms with Crippen LogP contribution in [0.5, 0.6) is 0 Å². The Balaban J connectivity index is 1.87. The molecule has 0 bridgehead atoms. The van der Waals surface area contributed by atoms with Gasteiger partial charge in [-0.2, -0.15) is 0 Å². The van der Waals surface area contributed by atoms with E-state index in [0.29, 0.717) is 6.04 Å². The predicted octanol–water partition coefficient (Wildman–Crippen LogP) is 3.83. The van der Waals surface area contributed by atoms with Gasteiger partial charge in [-0.05, 0) is 63.0 Å². The van der Waals surface area contributed by atoms with Crippen molar-refractivity contribution in [2.75, 3.05) is 26.7 Å². The lowest BCUT2D eigenvalue weighted by molar-refractivity contribution is 0.261. The number of rotatable bonds is 8. The van der Waals surface area contributed by atoms with E-state index in [1.165, 1.54) is 44.5 Å². The molecule has 1 unspecified atom stereocenters. The van der Waals surface area contributed by atoms with Gasteiger partial charge in [-0.3, -0.25) is 0 Å². The summed E-state index contributed by atoms with van der Waals surface area (Å²) in [4.78, 5) is 2.60. The molecule has 1 aliphatic carbocycles. The monoisotopic (exact) mass is 324 g/mol. The van der Waals surface area contributed by atoms with Gasteiger partial charge in [0.1, 0.15) is 0 Å². The summed E-state index contributed by atoms with van der Waals surface area (Å²) in [5.74, 6) is 0.985. The number of benzene rings is 1. The molecule has 0 saturated heterocycles. The van der Waals surface area contributed by atoms with E-state index in [2.05, 4.69) is 64.4 Å². The largest absolute Gasteiger partial charge is 0.313 e. The van der Waals surface area contributed by atoms with Crippen molar-refractivity contribution in [2.45, 2.75) is 32.2 Å². The average molecular weight is 325 g/mol. The van der Waals surface area contributed by atoms with Gasteiger partial charge in [0, 0.05) is 17.1 Å². The van der Waals surface area contributed by atoms with Crippen LogP contribution < -0.4 is 5.32 Å². The van der Waals surface area contributed by atoms with Gasteiger partial charge in [0.15, 0.2) is 0 Å². The van der Waals surface area contributed by atoms with E-state index < -0.39 is 0 Å². The fourth-order valence-electron chi connectivity index (χ4n) is 2.56. The number of nitrogens with zero attached hydrogens (tertiary/aromatic N) is 1. The van der Waals surface area contributed by atoms with Gasteiger partial charge in [0.05, 0.1) is 0 Å². The lowest BCUT2D eigenvalue weighted by atomic mass is 10.0. The molecule has 0 spiro atoms. The number of nitrogens with one attached hydrogen (secondary N) is 1. The smallest absolute Gasteiger partial charge is 0.0330 e. The van der Waals surface area contributed by atoms with Gasteiger partial charge in [-0.1, -0.05) is 35.0 Å². The van der Waals surface area contributed by atoms with Gasteiger partial charge in [0.2, 0.25) is 0 Å². The van der Waals surface area contributed by atoms with E-state index in [-0.39, 0.29) is 0 Å². The van der Waals surface area contributed by atoms with Gasteiger partial charge < -0.3 is 10.2 Å². The van der Waals surface area contributed by atoms with E-state index in [4.69, 9.17) is 0 Å². The fraction of sp³-hybridized carbons (Fsp3) is 0.625. The van der Waals surface area contributed by atoms with Crippen molar-refractivity contribution in [1.29, 1.82) is 0 Å². The first kappa shape index (κ1) is 15.0. The number of hydrogen-bond donors (Lipinski definition) is 1. The Labute approximate surface area is 125 Å². The highest BCUT2D eigenvalue weighted by atomic mass is 79.9. The third-order valence-corrected chi connectivity index (χ3v) is 4.49. The molecule has 2 rings (SSSR count). The molecule has 19 heavy (non-hydrogen) atoms. The number of hydrogen-bond acceptors (Lipinski definition) is 2. The van der Waals surface area contributed by atoms with E-state index in [9.17, 15) is 0 Å². The van der Waals surface area contributed by atoms with E-state index in [1.807, 2.05) is 0 Å². The van der Waals surface area contributed by atoms with Crippen LogP contribution in [0.1, 0.15) is 37.8 Å².